The molecule has 0 N–H and O–H groups in total. The molecule has 104 valence electrons. The monoisotopic (exact) mass is 271 g/mol. The predicted molar refractivity (Wildman–Crippen MR) is 76.1 cm³/mol. The zero-order valence-corrected chi connectivity index (χ0v) is 11.6. The van der Waals surface area contributed by atoms with E-state index in [0.717, 1.165) is 18.6 Å². The number of aryl methyl sites for hydroxylation is 1. The highest BCUT2D eigenvalue weighted by Gasteiger charge is 2.06. The van der Waals surface area contributed by atoms with Gasteiger partial charge in [0.2, 0.25) is 5.88 Å². The summed E-state index contributed by atoms with van der Waals surface area (Å²) in [5.41, 5.74) is 1.69. The summed E-state index contributed by atoms with van der Waals surface area (Å²) in [6.45, 7) is 2.15. The summed E-state index contributed by atoms with van der Waals surface area (Å²) in [6, 6.07) is 11.2. The van der Waals surface area contributed by atoms with Crippen LogP contribution in [0, 0.1) is 0 Å². The van der Waals surface area contributed by atoms with Crippen molar-refractivity contribution in [3.8, 4) is 11.6 Å². The van der Waals surface area contributed by atoms with Crippen molar-refractivity contribution in [3.05, 3.63) is 53.7 Å². The number of ether oxygens (including phenoxy) is 2. The minimum absolute atomic E-state index is 0.401. The van der Waals surface area contributed by atoms with E-state index in [0.29, 0.717) is 11.4 Å². The lowest BCUT2D eigenvalue weighted by atomic mass is 10.1. The molecule has 4 heteroatoms. The second-order valence-corrected chi connectivity index (χ2v) is 4.37. The summed E-state index contributed by atoms with van der Waals surface area (Å²) in [4.78, 5) is 15.4. The third kappa shape index (κ3) is 3.57. The Hall–Kier alpha value is -2.36. The van der Waals surface area contributed by atoms with E-state index in [4.69, 9.17) is 4.74 Å². The Morgan fingerprint density at radius 2 is 1.90 bits per heavy atom. The number of esters is 1. The van der Waals surface area contributed by atoms with Crippen molar-refractivity contribution in [2.45, 2.75) is 19.8 Å². The van der Waals surface area contributed by atoms with E-state index in [2.05, 4.69) is 16.6 Å². The quantitative estimate of drug-likeness (QED) is 0.779. The van der Waals surface area contributed by atoms with Crippen LogP contribution in [0.2, 0.25) is 0 Å². The molecule has 2 rings (SSSR count). The van der Waals surface area contributed by atoms with Gasteiger partial charge in [-0.05, 0) is 30.2 Å². The number of benzene rings is 1. The molecule has 0 aliphatic carbocycles. The zero-order valence-electron chi connectivity index (χ0n) is 11.6. The van der Waals surface area contributed by atoms with E-state index in [1.54, 1.807) is 12.1 Å². The number of hydrogen-bond donors (Lipinski definition) is 0. The van der Waals surface area contributed by atoms with Crippen LogP contribution >= 0.6 is 0 Å². The highest BCUT2D eigenvalue weighted by molar-refractivity contribution is 5.88. The second kappa shape index (κ2) is 6.70. The summed E-state index contributed by atoms with van der Waals surface area (Å²) >= 11 is 0. The van der Waals surface area contributed by atoms with Gasteiger partial charge in [-0.25, -0.2) is 9.78 Å². The number of pyridine rings is 1. The van der Waals surface area contributed by atoms with Crippen molar-refractivity contribution in [1.29, 1.82) is 0 Å². The normalized spacial score (nSPS) is 10.1. The zero-order chi connectivity index (χ0) is 14.4. The summed E-state index contributed by atoms with van der Waals surface area (Å²) in [7, 11) is 1.34. The first-order valence-corrected chi connectivity index (χ1v) is 6.54. The van der Waals surface area contributed by atoms with Crippen molar-refractivity contribution >= 4 is 5.97 Å². The van der Waals surface area contributed by atoms with E-state index in [1.807, 2.05) is 24.3 Å². The van der Waals surface area contributed by atoms with Crippen molar-refractivity contribution in [1.82, 2.24) is 4.98 Å². The number of methoxy groups -OCH3 is 1. The lowest BCUT2D eigenvalue weighted by molar-refractivity contribution is 0.0600. The molecule has 0 unspecified atom stereocenters. The molecule has 0 saturated carbocycles. The van der Waals surface area contributed by atoms with Crippen LogP contribution < -0.4 is 4.74 Å². The topological polar surface area (TPSA) is 48.4 Å². The lowest BCUT2D eigenvalue weighted by Gasteiger charge is -2.06. The molecule has 0 atom stereocenters. The largest absolute Gasteiger partial charge is 0.465 e. The van der Waals surface area contributed by atoms with Gasteiger partial charge in [-0.1, -0.05) is 25.5 Å². The highest BCUT2D eigenvalue weighted by Crippen LogP contribution is 2.20. The second-order valence-electron chi connectivity index (χ2n) is 4.37. The van der Waals surface area contributed by atoms with Crippen molar-refractivity contribution in [2.75, 3.05) is 7.11 Å². The number of nitrogens with zero attached hydrogens (tertiary/aromatic N) is 1. The Morgan fingerprint density at radius 1 is 1.15 bits per heavy atom. The smallest absolute Gasteiger partial charge is 0.339 e. The molecule has 2 aromatic rings. The van der Waals surface area contributed by atoms with Crippen LogP contribution in [-0.2, 0) is 11.2 Å². The van der Waals surface area contributed by atoms with Gasteiger partial charge >= 0.3 is 5.97 Å². The Kier molecular flexibility index (Phi) is 4.71. The molecule has 1 aromatic carbocycles. The first-order chi connectivity index (χ1) is 9.72. The molecular formula is C16H17NO3. The minimum Gasteiger partial charge on any atom is -0.465 e. The number of hydrogen-bond acceptors (Lipinski definition) is 4. The van der Waals surface area contributed by atoms with Crippen LogP contribution in [0.5, 0.6) is 11.6 Å². The third-order valence-electron chi connectivity index (χ3n) is 2.84. The Balaban J connectivity index is 2.04. The molecule has 0 saturated heterocycles. The fourth-order valence-electron chi connectivity index (χ4n) is 1.81. The van der Waals surface area contributed by atoms with E-state index < -0.39 is 5.97 Å². The van der Waals surface area contributed by atoms with Crippen molar-refractivity contribution < 1.29 is 14.3 Å². The fraction of sp³-hybridized carbons (Fsp3) is 0.250. The number of carbonyl (C=O) groups is 1. The van der Waals surface area contributed by atoms with Gasteiger partial charge in [0.05, 0.1) is 12.7 Å². The molecule has 1 heterocycles. The molecule has 0 bridgehead atoms. The molecule has 0 radical (unpaired) electrons. The van der Waals surface area contributed by atoms with Gasteiger partial charge < -0.3 is 9.47 Å². The summed E-state index contributed by atoms with van der Waals surface area (Å²) in [5.74, 6) is 0.761. The SMILES string of the molecule is CCCc1ccc(Oc2ccc(C(=O)OC)cn2)cc1. The lowest BCUT2D eigenvalue weighted by Crippen LogP contribution is -2.01. The van der Waals surface area contributed by atoms with Gasteiger partial charge in [0.25, 0.3) is 0 Å². The average molecular weight is 271 g/mol. The molecule has 20 heavy (non-hydrogen) atoms. The number of carbonyl (C=O) groups excluding carboxylic acids is 1. The van der Waals surface area contributed by atoms with Gasteiger partial charge in [-0.3, -0.25) is 0 Å². The van der Waals surface area contributed by atoms with Gasteiger partial charge in [0, 0.05) is 12.3 Å². The number of aromatic nitrogens is 1. The van der Waals surface area contributed by atoms with E-state index in [-0.39, 0.29) is 0 Å². The van der Waals surface area contributed by atoms with Crippen LogP contribution in [0.25, 0.3) is 0 Å². The molecule has 1 aromatic heterocycles. The van der Waals surface area contributed by atoms with Crippen molar-refractivity contribution in [2.24, 2.45) is 0 Å². The van der Waals surface area contributed by atoms with Gasteiger partial charge in [-0.15, -0.1) is 0 Å². The van der Waals surface area contributed by atoms with E-state index >= 15 is 0 Å². The summed E-state index contributed by atoms with van der Waals surface area (Å²) < 4.78 is 10.2. The van der Waals surface area contributed by atoms with Gasteiger partial charge in [0.1, 0.15) is 5.75 Å². The first-order valence-electron chi connectivity index (χ1n) is 6.54. The van der Waals surface area contributed by atoms with Crippen molar-refractivity contribution in [3.63, 3.8) is 0 Å². The number of rotatable bonds is 5. The standard InChI is InChI=1S/C16H17NO3/c1-3-4-12-5-8-14(9-6-12)20-15-10-7-13(11-17-15)16(18)19-2/h5-11H,3-4H2,1-2H3. The third-order valence-corrected chi connectivity index (χ3v) is 2.84. The molecule has 0 spiro atoms. The molecule has 0 amide bonds. The molecular weight excluding hydrogens is 254 g/mol. The summed E-state index contributed by atoms with van der Waals surface area (Å²) in [6.07, 6.45) is 3.62. The highest BCUT2D eigenvalue weighted by atomic mass is 16.5. The Bertz CT molecular complexity index is 561. The maximum absolute atomic E-state index is 11.3. The molecule has 4 nitrogen and oxygen atoms in total. The van der Waals surface area contributed by atoms with E-state index in [9.17, 15) is 4.79 Å². The van der Waals surface area contributed by atoms with Gasteiger partial charge in [0.15, 0.2) is 0 Å². The Labute approximate surface area is 118 Å². The maximum Gasteiger partial charge on any atom is 0.339 e. The first kappa shape index (κ1) is 14.1. The summed E-state index contributed by atoms with van der Waals surface area (Å²) in [5, 5.41) is 0. The predicted octanol–water partition coefficient (Wildman–Crippen LogP) is 3.61. The van der Waals surface area contributed by atoms with E-state index in [1.165, 1.54) is 18.9 Å². The van der Waals surface area contributed by atoms with Crippen LogP contribution in [0.4, 0.5) is 0 Å². The average Bonchev–Trinajstić information content (AvgIpc) is 2.49. The fourth-order valence-corrected chi connectivity index (χ4v) is 1.81. The maximum atomic E-state index is 11.3. The molecule has 0 fully saturated rings. The van der Waals surface area contributed by atoms with Crippen LogP contribution in [0.1, 0.15) is 29.3 Å². The molecule has 0 aliphatic heterocycles. The van der Waals surface area contributed by atoms with Crippen LogP contribution in [-0.4, -0.2) is 18.1 Å². The minimum atomic E-state index is -0.409. The van der Waals surface area contributed by atoms with Crippen LogP contribution in [0.15, 0.2) is 42.6 Å². The Morgan fingerprint density at radius 3 is 2.45 bits per heavy atom. The molecule has 0 aliphatic rings. The van der Waals surface area contributed by atoms with Gasteiger partial charge in [-0.2, -0.15) is 0 Å². The van der Waals surface area contributed by atoms with Crippen LogP contribution in [0.3, 0.4) is 0 Å².